The van der Waals surface area contributed by atoms with Gasteiger partial charge in [0.15, 0.2) is 0 Å². The fourth-order valence-electron chi connectivity index (χ4n) is 6.57. The van der Waals surface area contributed by atoms with Crippen LogP contribution in [0.1, 0.15) is 64.3 Å². The summed E-state index contributed by atoms with van der Waals surface area (Å²) in [6, 6.07) is 10.0. The Morgan fingerprint density at radius 2 is 1.40 bits per heavy atom. The van der Waals surface area contributed by atoms with Crippen LogP contribution in [0.25, 0.3) is 11.3 Å². The molecule has 0 spiro atoms. The number of imide groups is 1. The molecule has 2 fully saturated rings. The fourth-order valence-corrected chi connectivity index (χ4v) is 6.57. The first-order valence-corrected chi connectivity index (χ1v) is 14.3. The smallest absolute Gasteiger partial charge is 0.272 e. The van der Waals surface area contributed by atoms with E-state index in [0.717, 1.165) is 29.2 Å². The van der Waals surface area contributed by atoms with E-state index in [4.69, 9.17) is 0 Å². The van der Waals surface area contributed by atoms with Gasteiger partial charge in [-0.3, -0.25) is 24.1 Å². The highest BCUT2D eigenvalue weighted by Gasteiger charge is 2.50. The van der Waals surface area contributed by atoms with Crippen molar-refractivity contribution in [3.05, 3.63) is 88.9 Å². The zero-order valence-electron chi connectivity index (χ0n) is 23.6. The normalized spacial score (nSPS) is 20.2. The van der Waals surface area contributed by atoms with Crippen LogP contribution in [-0.2, 0) is 4.79 Å². The Morgan fingerprint density at radius 3 is 2.00 bits per heavy atom. The number of hydrogen-bond acceptors (Lipinski definition) is 5. The fraction of sp³-hybridized carbons (Fsp3) is 0.344. The van der Waals surface area contributed by atoms with Crippen molar-refractivity contribution >= 4 is 23.6 Å². The third kappa shape index (κ3) is 4.76. The lowest BCUT2D eigenvalue weighted by Gasteiger charge is -2.33. The molecule has 2 saturated heterocycles. The van der Waals surface area contributed by atoms with Crippen molar-refractivity contribution in [3.8, 4) is 11.3 Å². The summed E-state index contributed by atoms with van der Waals surface area (Å²) < 4.78 is 43.4. The number of nitrogens with zero attached hydrogens (tertiary/aromatic N) is 4. The number of likely N-dealkylation sites (tertiary alicyclic amines) is 2. The molecule has 11 heteroatoms. The lowest BCUT2D eigenvalue weighted by atomic mass is 10.00. The van der Waals surface area contributed by atoms with E-state index in [-0.39, 0.29) is 53.7 Å². The second-order valence-electron chi connectivity index (χ2n) is 11.5. The highest BCUT2D eigenvalue weighted by Crippen LogP contribution is 2.36. The third-order valence-electron chi connectivity index (χ3n) is 8.50. The van der Waals surface area contributed by atoms with Gasteiger partial charge >= 0.3 is 0 Å². The molecule has 6 rings (SSSR count). The van der Waals surface area contributed by atoms with Crippen LogP contribution in [0.3, 0.4) is 0 Å². The lowest BCUT2D eigenvalue weighted by Crippen LogP contribution is -2.53. The maximum atomic E-state index is 14.6. The van der Waals surface area contributed by atoms with E-state index in [1.165, 1.54) is 6.07 Å². The average molecular weight is 591 g/mol. The van der Waals surface area contributed by atoms with Crippen LogP contribution < -0.4 is 0 Å². The quantitative estimate of drug-likeness (QED) is 0.389. The Bertz CT molecular complexity index is 1610. The van der Waals surface area contributed by atoms with E-state index in [2.05, 4.69) is 4.98 Å². The van der Waals surface area contributed by atoms with Crippen molar-refractivity contribution in [3.63, 3.8) is 0 Å². The Kier molecular flexibility index (Phi) is 7.27. The van der Waals surface area contributed by atoms with Crippen molar-refractivity contribution in [2.24, 2.45) is 5.92 Å². The standard InChI is InChI=1S/C32H29F3N4O4/c1-17(2)16-26(39-29(40)18-6-3-4-7-19(18)30(39)41)32(43)38-15-13-24-25(38)12-14-37(24)31(42)23-11-10-22(35)28(36-23)27-20(33)8-5-9-21(27)34/h3-11,17,24-26H,12-16H2,1-2H3/t24-,25+,26+/m0/s1. The second kappa shape index (κ2) is 10.9. The number of fused-ring (bicyclic) bond motifs is 2. The summed E-state index contributed by atoms with van der Waals surface area (Å²) in [5.41, 5.74) is -0.887. The molecular formula is C32H29F3N4O4. The monoisotopic (exact) mass is 590 g/mol. The first-order chi connectivity index (χ1) is 20.6. The van der Waals surface area contributed by atoms with E-state index in [1.54, 1.807) is 34.1 Å². The summed E-state index contributed by atoms with van der Waals surface area (Å²) in [4.78, 5) is 62.5. The van der Waals surface area contributed by atoms with Crippen molar-refractivity contribution in [2.45, 2.75) is 51.2 Å². The van der Waals surface area contributed by atoms with Gasteiger partial charge in [0, 0.05) is 13.1 Å². The molecule has 3 aliphatic rings. The van der Waals surface area contributed by atoms with Crippen molar-refractivity contribution < 1.29 is 32.3 Å². The van der Waals surface area contributed by atoms with E-state index in [0.29, 0.717) is 19.4 Å². The molecule has 0 radical (unpaired) electrons. The number of aromatic nitrogens is 1. The number of carbonyl (C=O) groups is 4. The molecule has 0 bridgehead atoms. The van der Waals surface area contributed by atoms with Crippen molar-refractivity contribution in [1.29, 1.82) is 0 Å². The topological polar surface area (TPSA) is 90.9 Å². The molecule has 1 aromatic heterocycles. The molecular weight excluding hydrogens is 561 g/mol. The number of halogens is 3. The predicted molar refractivity (Wildman–Crippen MR) is 149 cm³/mol. The molecule has 0 saturated carbocycles. The first kappa shape index (κ1) is 28.6. The van der Waals surface area contributed by atoms with Crippen LogP contribution in [0, 0.1) is 23.4 Å². The molecule has 222 valence electrons. The zero-order valence-corrected chi connectivity index (χ0v) is 23.6. The highest BCUT2D eigenvalue weighted by atomic mass is 19.1. The van der Waals surface area contributed by atoms with Crippen LogP contribution in [0.15, 0.2) is 54.6 Å². The van der Waals surface area contributed by atoms with Gasteiger partial charge in [-0.05, 0) is 61.6 Å². The van der Waals surface area contributed by atoms with E-state index >= 15 is 0 Å². The molecule has 2 aromatic carbocycles. The van der Waals surface area contributed by atoms with Gasteiger partial charge in [0.05, 0.1) is 28.8 Å². The van der Waals surface area contributed by atoms with Crippen LogP contribution in [0.2, 0.25) is 0 Å². The lowest BCUT2D eigenvalue weighted by molar-refractivity contribution is -0.136. The molecule has 0 aliphatic carbocycles. The van der Waals surface area contributed by atoms with E-state index < -0.39 is 52.5 Å². The summed E-state index contributed by atoms with van der Waals surface area (Å²) >= 11 is 0. The Morgan fingerprint density at radius 1 is 0.814 bits per heavy atom. The number of pyridine rings is 1. The summed E-state index contributed by atoms with van der Waals surface area (Å²) in [5, 5.41) is 0. The maximum absolute atomic E-state index is 14.6. The Balaban J connectivity index is 1.24. The van der Waals surface area contributed by atoms with Crippen molar-refractivity contribution in [2.75, 3.05) is 13.1 Å². The van der Waals surface area contributed by atoms with Crippen LogP contribution in [-0.4, -0.2) is 74.5 Å². The molecule has 0 unspecified atom stereocenters. The number of rotatable bonds is 6. The SMILES string of the molecule is CC(C)C[C@H](C(=O)N1CC[C@H]2[C@H]1CCN2C(=O)c1ccc(F)c(-c2c(F)cccc2F)n1)N1C(=O)c2ccccc2C1=O. The molecule has 43 heavy (non-hydrogen) atoms. The minimum Gasteiger partial charge on any atom is -0.336 e. The Labute approximate surface area is 246 Å². The predicted octanol–water partition coefficient (Wildman–Crippen LogP) is 4.69. The maximum Gasteiger partial charge on any atom is 0.272 e. The number of hydrogen-bond donors (Lipinski definition) is 0. The van der Waals surface area contributed by atoms with Crippen LogP contribution >= 0.6 is 0 Å². The molecule has 0 N–H and O–H groups in total. The van der Waals surface area contributed by atoms with Crippen LogP contribution in [0.5, 0.6) is 0 Å². The van der Waals surface area contributed by atoms with Gasteiger partial charge in [-0.1, -0.05) is 32.0 Å². The molecule has 3 aliphatic heterocycles. The second-order valence-corrected chi connectivity index (χ2v) is 11.5. The number of amides is 4. The molecule has 3 aromatic rings. The molecule has 4 heterocycles. The Hall–Kier alpha value is -4.54. The zero-order chi connectivity index (χ0) is 30.6. The minimum atomic E-state index is -1.00. The van der Waals surface area contributed by atoms with Gasteiger partial charge in [-0.25, -0.2) is 18.2 Å². The summed E-state index contributed by atoms with van der Waals surface area (Å²) in [7, 11) is 0. The van der Waals surface area contributed by atoms with Gasteiger partial charge in [0.25, 0.3) is 17.7 Å². The van der Waals surface area contributed by atoms with Crippen molar-refractivity contribution in [1.82, 2.24) is 19.7 Å². The van der Waals surface area contributed by atoms with E-state index in [1.807, 2.05) is 13.8 Å². The first-order valence-electron chi connectivity index (χ1n) is 14.3. The highest BCUT2D eigenvalue weighted by molar-refractivity contribution is 6.22. The minimum absolute atomic E-state index is 0.0105. The average Bonchev–Trinajstić information content (AvgIpc) is 3.65. The van der Waals surface area contributed by atoms with Gasteiger partial charge in [0.2, 0.25) is 5.91 Å². The summed E-state index contributed by atoms with van der Waals surface area (Å²) in [5.74, 6) is -4.85. The van der Waals surface area contributed by atoms with Crippen LogP contribution in [0.4, 0.5) is 13.2 Å². The van der Waals surface area contributed by atoms with E-state index in [9.17, 15) is 32.3 Å². The van der Waals surface area contributed by atoms with Gasteiger partial charge < -0.3 is 9.80 Å². The number of carbonyl (C=O) groups excluding carboxylic acids is 4. The summed E-state index contributed by atoms with van der Waals surface area (Å²) in [6.45, 7) is 4.43. The number of benzene rings is 2. The third-order valence-corrected chi connectivity index (χ3v) is 8.50. The van der Waals surface area contributed by atoms with Gasteiger partial charge in [-0.2, -0.15) is 0 Å². The largest absolute Gasteiger partial charge is 0.336 e. The van der Waals surface area contributed by atoms with Gasteiger partial charge in [-0.15, -0.1) is 0 Å². The molecule has 8 nitrogen and oxygen atoms in total. The summed E-state index contributed by atoms with van der Waals surface area (Å²) in [6.07, 6.45) is 1.19. The molecule has 3 atom stereocenters. The van der Waals surface area contributed by atoms with Gasteiger partial charge in [0.1, 0.15) is 34.9 Å². The molecule has 4 amide bonds.